The van der Waals surface area contributed by atoms with Crippen LogP contribution in [0.3, 0.4) is 0 Å². The normalized spacial score (nSPS) is 11.3. The predicted molar refractivity (Wildman–Crippen MR) is 88.2 cm³/mol. The molecule has 2 aromatic rings. The van der Waals surface area contributed by atoms with Gasteiger partial charge in [-0.2, -0.15) is 0 Å². The lowest BCUT2D eigenvalue weighted by Crippen LogP contribution is -2.23. The summed E-state index contributed by atoms with van der Waals surface area (Å²) in [5, 5.41) is 0. The summed E-state index contributed by atoms with van der Waals surface area (Å²) >= 11 is 0. The molecular formula is C17H19NO4S. The van der Waals surface area contributed by atoms with Crippen LogP contribution in [0.25, 0.3) is 0 Å². The molecule has 0 amide bonds. The van der Waals surface area contributed by atoms with Crippen LogP contribution in [0.5, 0.6) is 5.75 Å². The van der Waals surface area contributed by atoms with E-state index >= 15 is 0 Å². The molecule has 6 heteroatoms. The van der Waals surface area contributed by atoms with E-state index < -0.39 is 10.0 Å². The number of benzene rings is 2. The van der Waals surface area contributed by atoms with E-state index in [4.69, 9.17) is 4.74 Å². The lowest BCUT2D eigenvalue weighted by molar-refractivity contribution is 0.101. The van der Waals surface area contributed by atoms with Gasteiger partial charge >= 0.3 is 0 Å². The van der Waals surface area contributed by atoms with E-state index in [1.165, 1.54) is 19.1 Å². The summed E-state index contributed by atoms with van der Waals surface area (Å²) < 4.78 is 32.4. The van der Waals surface area contributed by atoms with Crippen molar-refractivity contribution in [2.24, 2.45) is 0 Å². The van der Waals surface area contributed by atoms with Crippen LogP contribution in [0, 0.1) is 6.92 Å². The fraction of sp³-hybridized carbons (Fsp3) is 0.235. The minimum absolute atomic E-state index is 0.0791. The number of nitrogens with one attached hydrogen (secondary N) is 1. The van der Waals surface area contributed by atoms with Crippen LogP contribution < -0.4 is 9.46 Å². The number of aryl methyl sites for hydroxylation is 1. The van der Waals surface area contributed by atoms with E-state index in [2.05, 4.69) is 4.72 Å². The van der Waals surface area contributed by atoms with Gasteiger partial charge in [0.25, 0.3) is 0 Å². The number of ether oxygens (including phenoxy) is 1. The van der Waals surface area contributed by atoms with E-state index in [0.717, 1.165) is 16.9 Å². The van der Waals surface area contributed by atoms with Gasteiger partial charge in [0, 0.05) is 12.1 Å². The minimum atomic E-state index is -3.68. The highest BCUT2D eigenvalue weighted by molar-refractivity contribution is 7.89. The molecule has 0 bridgehead atoms. The number of sulfonamides is 1. The Hall–Kier alpha value is -2.18. The van der Waals surface area contributed by atoms with E-state index in [0.29, 0.717) is 5.56 Å². The molecule has 1 N–H and O–H groups in total. The highest BCUT2D eigenvalue weighted by Crippen LogP contribution is 2.19. The highest BCUT2D eigenvalue weighted by Gasteiger charge is 2.15. The van der Waals surface area contributed by atoms with Crippen LogP contribution in [0.1, 0.15) is 28.4 Å². The second-order valence-electron chi connectivity index (χ2n) is 5.21. The minimum Gasteiger partial charge on any atom is -0.496 e. The summed E-state index contributed by atoms with van der Waals surface area (Å²) in [6.07, 6.45) is 0. The van der Waals surface area contributed by atoms with Gasteiger partial charge in [0.1, 0.15) is 5.75 Å². The molecule has 2 aromatic carbocycles. The average Bonchev–Trinajstić information content (AvgIpc) is 2.53. The first kappa shape index (κ1) is 17.2. The monoisotopic (exact) mass is 333 g/mol. The average molecular weight is 333 g/mol. The van der Waals surface area contributed by atoms with Crippen molar-refractivity contribution in [3.63, 3.8) is 0 Å². The van der Waals surface area contributed by atoms with Gasteiger partial charge in [-0.3, -0.25) is 4.79 Å². The molecular weight excluding hydrogens is 314 g/mol. The SMILES string of the molecule is COc1ccc(CNS(=O)(=O)c2cccc(C(C)=O)c2)cc1C. The molecule has 0 radical (unpaired) electrons. The second-order valence-corrected chi connectivity index (χ2v) is 6.98. The lowest BCUT2D eigenvalue weighted by atomic mass is 10.1. The molecule has 0 fully saturated rings. The molecule has 0 spiro atoms. The number of rotatable bonds is 6. The summed E-state index contributed by atoms with van der Waals surface area (Å²) in [5.41, 5.74) is 2.13. The summed E-state index contributed by atoms with van der Waals surface area (Å²) in [6.45, 7) is 3.46. The summed E-state index contributed by atoms with van der Waals surface area (Å²) in [4.78, 5) is 11.5. The zero-order valence-electron chi connectivity index (χ0n) is 13.3. The van der Waals surface area contributed by atoms with Gasteiger partial charge in [0.05, 0.1) is 12.0 Å². The molecule has 0 heterocycles. The second kappa shape index (κ2) is 6.93. The molecule has 2 rings (SSSR count). The Morgan fingerprint density at radius 1 is 1.17 bits per heavy atom. The summed E-state index contributed by atoms with van der Waals surface area (Å²) in [6, 6.07) is 11.5. The van der Waals surface area contributed by atoms with Crippen molar-refractivity contribution >= 4 is 15.8 Å². The highest BCUT2D eigenvalue weighted by atomic mass is 32.2. The molecule has 23 heavy (non-hydrogen) atoms. The third-order valence-electron chi connectivity index (χ3n) is 3.48. The smallest absolute Gasteiger partial charge is 0.240 e. The molecule has 0 aromatic heterocycles. The van der Waals surface area contributed by atoms with E-state index in [-0.39, 0.29) is 17.2 Å². The Bertz CT molecular complexity index is 828. The molecule has 0 saturated heterocycles. The van der Waals surface area contributed by atoms with Crippen molar-refractivity contribution in [3.8, 4) is 5.75 Å². The van der Waals surface area contributed by atoms with Crippen LogP contribution in [0.15, 0.2) is 47.4 Å². The Kier molecular flexibility index (Phi) is 5.18. The molecule has 122 valence electrons. The van der Waals surface area contributed by atoms with Crippen molar-refractivity contribution in [2.45, 2.75) is 25.3 Å². The summed E-state index contributed by atoms with van der Waals surface area (Å²) in [5.74, 6) is 0.582. The number of hydrogen-bond donors (Lipinski definition) is 1. The van der Waals surface area contributed by atoms with Gasteiger partial charge < -0.3 is 4.74 Å². The summed E-state index contributed by atoms with van der Waals surface area (Å²) in [7, 11) is -2.09. The Morgan fingerprint density at radius 3 is 2.52 bits per heavy atom. The third kappa shape index (κ3) is 4.18. The quantitative estimate of drug-likeness (QED) is 0.825. The van der Waals surface area contributed by atoms with Gasteiger partial charge in [-0.25, -0.2) is 13.1 Å². The van der Waals surface area contributed by atoms with Crippen LogP contribution in [0.4, 0.5) is 0 Å². The molecule has 5 nitrogen and oxygen atoms in total. The number of methoxy groups -OCH3 is 1. The Balaban J connectivity index is 2.17. The maximum atomic E-state index is 12.3. The molecule has 0 aliphatic rings. The molecule has 0 unspecified atom stereocenters. The van der Waals surface area contributed by atoms with Gasteiger partial charge in [0.2, 0.25) is 10.0 Å². The van der Waals surface area contributed by atoms with Crippen molar-refractivity contribution in [1.82, 2.24) is 4.72 Å². The maximum absolute atomic E-state index is 12.3. The standard InChI is InChI=1S/C17H19NO4S/c1-12-9-14(7-8-17(12)22-3)11-18-23(20,21)16-6-4-5-15(10-16)13(2)19/h4-10,18H,11H2,1-3H3. The molecule has 0 atom stereocenters. The number of Topliss-reactive ketones (excluding diaryl/α,β-unsaturated/α-hetero) is 1. The lowest BCUT2D eigenvalue weighted by Gasteiger charge is -2.10. The topological polar surface area (TPSA) is 72.5 Å². The Morgan fingerprint density at radius 2 is 1.91 bits per heavy atom. The fourth-order valence-electron chi connectivity index (χ4n) is 2.19. The maximum Gasteiger partial charge on any atom is 0.240 e. The first-order valence-electron chi connectivity index (χ1n) is 7.07. The van der Waals surface area contributed by atoms with Crippen molar-refractivity contribution in [1.29, 1.82) is 0 Å². The fourth-order valence-corrected chi connectivity index (χ4v) is 3.26. The molecule has 0 saturated carbocycles. The van der Waals surface area contributed by atoms with Crippen LogP contribution in [0.2, 0.25) is 0 Å². The van der Waals surface area contributed by atoms with Gasteiger partial charge in [-0.15, -0.1) is 0 Å². The van der Waals surface area contributed by atoms with Crippen molar-refractivity contribution in [2.75, 3.05) is 7.11 Å². The van der Waals surface area contributed by atoms with Gasteiger partial charge in [-0.05, 0) is 43.2 Å². The molecule has 0 aliphatic heterocycles. The number of carbonyl (C=O) groups excluding carboxylic acids is 1. The third-order valence-corrected chi connectivity index (χ3v) is 4.88. The van der Waals surface area contributed by atoms with Crippen LogP contribution in [-0.2, 0) is 16.6 Å². The first-order valence-corrected chi connectivity index (χ1v) is 8.56. The van der Waals surface area contributed by atoms with E-state index in [1.54, 1.807) is 31.4 Å². The largest absolute Gasteiger partial charge is 0.496 e. The number of ketones is 1. The molecule has 0 aliphatic carbocycles. The number of hydrogen-bond acceptors (Lipinski definition) is 4. The van der Waals surface area contributed by atoms with Crippen molar-refractivity contribution < 1.29 is 17.9 Å². The first-order chi connectivity index (χ1) is 10.8. The van der Waals surface area contributed by atoms with Gasteiger partial charge in [-0.1, -0.05) is 24.3 Å². The van der Waals surface area contributed by atoms with Crippen LogP contribution >= 0.6 is 0 Å². The Labute approximate surface area is 136 Å². The van der Waals surface area contributed by atoms with Crippen molar-refractivity contribution in [3.05, 3.63) is 59.2 Å². The van der Waals surface area contributed by atoms with E-state index in [9.17, 15) is 13.2 Å². The zero-order valence-corrected chi connectivity index (χ0v) is 14.1. The predicted octanol–water partition coefficient (Wildman–Crippen LogP) is 2.68. The number of carbonyl (C=O) groups is 1. The zero-order chi connectivity index (χ0) is 17.0. The van der Waals surface area contributed by atoms with Gasteiger partial charge in [0.15, 0.2) is 5.78 Å². The van der Waals surface area contributed by atoms with Crippen LogP contribution in [-0.4, -0.2) is 21.3 Å². The van der Waals surface area contributed by atoms with E-state index in [1.807, 2.05) is 13.0 Å².